The lowest BCUT2D eigenvalue weighted by Gasteiger charge is -2.08. The molecule has 5 nitrogen and oxygen atoms in total. The number of nitrogens with zero attached hydrogens (tertiary/aromatic N) is 2. The molecule has 6 heteroatoms. The number of anilines is 1. The maximum Gasteiger partial charge on any atom is 0.315 e. The second-order valence-corrected chi connectivity index (χ2v) is 5.66. The summed E-state index contributed by atoms with van der Waals surface area (Å²) >= 11 is 1.86. The first-order valence-electron chi connectivity index (χ1n) is 6.50. The molecule has 1 aromatic heterocycles. The first kappa shape index (κ1) is 15.3. The zero-order valence-electron chi connectivity index (χ0n) is 11.7. The third-order valence-corrected chi connectivity index (χ3v) is 3.78. The highest BCUT2D eigenvalue weighted by molar-refractivity contribution is 7.99. The van der Waals surface area contributed by atoms with E-state index in [1.165, 1.54) is 0 Å². The molecule has 0 aliphatic carbocycles. The Bertz CT molecular complexity index is 332. The Labute approximate surface area is 114 Å². The van der Waals surface area contributed by atoms with Gasteiger partial charge in [-0.2, -0.15) is 11.8 Å². The van der Waals surface area contributed by atoms with Gasteiger partial charge in [0.15, 0.2) is 0 Å². The van der Waals surface area contributed by atoms with E-state index in [1.54, 1.807) is 0 Å². The van der Waals surface area contributed by atoms with Crippen LogP contribution in [-0.4, -0.2) is 34.8 Å². The predicted molar refractivity (Wildman–Crippen MR) is 77.1 cm³/mol. The summed E-state index contributed by atoms with van der Waals surface area (Å²) in [5.41, 5.74) is 0. The van der Waals surface area contributed by atoms with Crippen molar-refractivity contribution in [1.29, 1.82) is 0 Å². The predicted octanol–water partition coefficient (Wildman–Crippen LogP) is 2.68. The SMILES string of the molecule is CCCNC(C)c1nnc(NCCC(C)SC)o1. The van der Waals surface area contributed by atoms with Crippen molar-refractivity contribution < 1.29 is 4.42 Å². The van der Waals surface area contributed by atoms with Crippen molar-refractivity contribution in [3.63, 3.8) is 0 Å². The van der Waals surface area contributed by atoms with Crippen molar-refractivity contribution >= 4 is 17.8 Å². The lowest BCUT2D eigenvalue weighted by atomic mass is 10.3. The van der Waals surface area contributed by atoms with Gasteiger partial charge in [0.25, 0.3) is 0 Å². The van der Waals surface area contributed by atoms with E-state index in [9.17, 15) is 0 Å². The fourth-order valence-corrected chi connectivity index (χ4v) is 1.78. The van der Waals surface area contributed by atoms with Crippen molar-refractivity contribution in [3.8, 4) is 0 Å². The third kappa shape index (κ3) is 5.27. The van der Waals surface area contributed by atoms with E-state index in [0.717, 1.165) is 25.9 Å². The summed E-state index contributed by atoms with van der Waals surface area (Å²) in [4.78, 5) is 0. The Kier molecular flexibility index (Phi) is 7.12. The fraction of sp³-hybridized carbons (Fsp3) is 0.833. The van der Waals surface area contributed by atoms with Crippen LogP contribution in [0.2, 0.25) is 0 Å². The van der Waals surface area contributed by atoms with Crippen molar-refractivity contribution in [3.05, 3.63) is 5.89 Å². The summed E-state index contributed by atoms with van der Waals surface area (Å²) in [6, 6.07) is 0.626. The van der Waals surface area contributed by atoms with Gasteiger partial charge in [0, 0.05) is 11.8 Å². The quantitative estimate of drug-likeness (QED) is 0.720. The molecular weight excluding hydrogens is 248 g/mol. The third-order valence-electron chi connectivity index (χ3n) is 2.74. The van der Waals surface area contributed by atoms with Crippen LogP contribution in [0.4, 0.5) is 6.01 Å². The second kappa shape index (κ2) is 8.37. The summed E-state index contributed by atoms with van der Waals surface area (Å²) in [7, 11) is 0. The molecular formula is C12H24N4OS. The molecule has 0 bridgehead atoms. The minimum atomic E-state index is 0.109. The zero-order valence-corrected chi connectivity index (χ0v) is 12.5. The van der Waals surface area contributed by atoms with Gasteiger partial charge in [0.2, 0.25) is 5.89 Å². The van der Waals surface area contributed by atoms with Crippen LogP contribution in [0.25, 0.3) is 0 Å². The lowest BCUT2D eigenvalue weighted by molar-refractivity contribution is 0.423. The van der Waals surface area contributed by atoms with Crippen LogP contribution in [0.3, 0.4) is 0 Å². The minimum Gasteiger partial charge on any atom is -0.406 e. The van der Waals surface area contributed by atoms with Gasteiger partial charge in [-0.05, 0) is 32.6 Å². The first-order valence-corrected chi connectivity index (χ1v) is 7.79. The highest BCUT2D eigenvalue weighted by Crippen LogP contribution is 2.14. The molecule has 18 heavy (non-hydrogen) atoms. The van der Waals surface area contributed by atoms with Gasteiger partial charge in [0.05, 0.1) is 6.04 Å². The topological polar surface area (TPSA) is 63.0 Å². The summed E-state index contributed by atoms with van der Waals surface area (Å²) in [5, 5.41) is 15.2. The number of rotatable bonds is 9. The molecule has 0 aromatic carbocycles. The van der Waals surface area contributed by atoms with Crippen LogP contribution in [-0.2, 0) is 0 Å². The van der Waals surface area contributed by atoms with Gasteiger partial charge in [0.1, 0.15) is 0 Å². The number of hydrogen-bond acceptors (Lipinski definition) is 6. The smallest absolute Gasteiger partial charge is 0.315 e. The van der Waals surface area contributed by atoms with Gasteiger partial charge in [-0.25, -0.2) is 0 Å². The maximum absolute atomic E-state index is 5.56. The minimum absolute atomic E-state index is 0.109. The first-order chi connectivity index (χ1) is 8.67. The number of nitrogens with one attached hydrogen (secondary N) is 2. The molecule has 0 spiro atoms. The molecule has 0 aliphatic rings. The highest BCUT2D eigenvalue weighted by atomic mass is 32.2. The molecule has 2 N–H and O–H groups in total. The molecule has 1 heterocycles. The molecule has 0 radical (unpaired) electrons. The zero-order chi connectivity index (χ0) is 13.4. The number of aromatic nitrogens is 2. The Morgan fingerprint density at radius 3 is 2.72 bits per heavy atom. The number of hydrogen-bond donors (Lipinski definition) is 2. The van der Waals surface area contributed by atoms with Crippen molar-refractivity contribution in [2.45, 2.75) is 44.9 Å². The van der Waals surface area contributed by atoms with Gasteiger partial charge in [-0.1, -0.05) is 18.9 Å². The Hall–Kier alpha value is -0.750. The molecule has 0 saturated carbocycles. The molecule has 0 amide bonds. The average molecular weight is 272 g/mol. The van der Waals surface area contributed by atoms with Gasteiger partial charge in [-0.3, -0.25) is 0 Å². The van der Waals surface area contributed by atoms with Gasteiger partial charge >= 0.3 is 6.01 Å². The Morgan fingerprint density at radius 2 is 2.06 bits per heavy atom. The molecule has 104 valence electrons. The molecule has 2 atom stereocenters. The summed E-state index contributed by atoms with van der Waals surface area (Å²) in [6.45, 7) is 8.19. The van der Waals surface area contributed by atoms with E-state index in [0.29, 0.717) is 17.2 Å². The van der Waals surface area contributed by atoms with E-state index >= 15 is 0 Å². The van der Waals surface area contributed by atoms with Crippen LogP contribution in [0.15, 0.2) is 4.42 Å². The molecule has 0 saturated heterocycles. The van der Waals surface area contributed by atoms with E-state index in [4.69, 9.17) is 4.42 Å². The molecule has 1 rings (SSSR count). The summed E-state index contributed by atoms with van der Waals surface area (Å²) < 4.78 is 5.56. The molecule has 2 unspecified atom stereocenters. The standard InChI is InChI=1S/C12H24N4OS/c1-5-7-13-10(3)11-15-16-12(17-11)14-8-6-9(2)18-4/h9-10,13H,5-8H2,1-4H3,(H,14,16). The van der Waals surface area contributed by atoms with Crippen molar-refractivity contribution in [1.82, 2.24) is 15.5 Å². The normalized spacial score (nSPS) is 14.4. The van der Waals surface area contributed by atoms with E-state index < -0.39 is 0 Å². The second-order valence-electron chi connectivity index (χ2n) is 4.38. The van der Waals surface area contributed by atoms with Crippen LogP contribution in [0.1, 0.15) is 45.5 Å². The lowest BCUT2D eigenvalue weighted by Crippen LogP contribution is -2.19. The Balaban J connectivity index is 2.33. The monoisotopic (exact) mass is 272 g/mol. The van der Waals surface area contributed by atoms with Crippen LogP contribution in [0.5, 0.6) is 0 Å². The average Bonchev–Trinajstić information content (AvgIpc) is 2.84. The van der Waals surface area contributed by atoms with E-state index in [-0.39, 0.29) is 6.04 Å². The van der Waals surface area contributed by atoms with E-state index in [2.05, 4.69) is 40.9 Å². The van der Waals surface area contributed by atoms with Crippen LogP contribution in [0, 0.1) is 0 Å². The van der Waals surface area contributed by atoms with Crippen LogP contribution < -0.4 is 10.6 Å². The van der Waals surface area contributed by atoms with Crippen LogP contribution >= 0.6 is 11.8 Å². The van der Waals surface area contributed by atoms with Gasteiger partial charge in [-0.15, -0.1) is 5.10 Å². The van der Waals surface area contributed by atoms with Gasteiger partial charge < -0.3 is 15.1 Å². The molecule has 0 aliphatic heterocycles. The summed E-state index contributed by atoms with van der Waals surface area (Å²) in [6.07, 6.45) is 4.30. The number of thioether (sulfide) groups is 1. The van der Waals surface area contributed by atoms with E-state index in [1.807, 2.05) is 18.7 Å². The summed E-state index contributed by atoms with van der Waals surface area (Å²) in [5.74, 6) is 0.642. The van der Waals surface area contributed by atoms with Crippen molar-refractivity contribution in [2.24, 2.45) is 0 Å². The highest BCUT2D eigenvalue weighted by Gasteiger charge is 2.12. The molecule has 1 aromatic rings. The largest absolute Gasteiger partial charge is 0.406 e. The fourth-order valence-electron chi connectivity index (χ4n) is 1.43. The maximum atomic E-state index is 5.56. The molecule has 0 fully saturated rings. The van der Waals surface area contributed by atoms with Crippen molar-refractivity contribution in [2.75, 3.05) is 24.7 Å². The Morgan fingerprint density at radius 1 is 1.28 bits per heavy atom.